The Morgan fingerprint density at radius 1 is 0.939 bits per heavy atom. The van der Waals surface area contributed by atoms with Gasteiger partial charge in [0.2, 0.25) is 11.8 Å². The minimum Gasteiger partial charge on any atom is -0.467 e. The summed E-state index contributed by atoms with van der Waals surface area (Å²) in [7, 11) is 1.30. The monoisotopic (exact) mass is 458 g/mol. The third-order valence-corrected chi connectivity index (χ3v) is 5.51. The SMILES string of the molecule is C=CCCCCCCCCC(=O)NC(CC(C)C)C(=O)NC(Cc1ccccc1)C(=O)OC. The molecule has 0 saturated heterocycles. The Morgan fingerprint density at radius 3 is 2.18 bits per heavy atom. The van der Waals surface area contributed by atoms with Crippen LogP contribution in [0.4, 0.5) is 0 Å². The van der Waals surface area contributed by atoms with Gasteiger partial charge < -0.3 is 15.4 Å². The molecule has 2 amide bonds. The third kappa shape index (κ3) is 12.9. The Bertz CT molecular complexity index is 718. The molecule has 2 unspecified atom stereocenters. The van der Waals surface area contributed by atoms with Crippen LogP contribution in [-0.2, 0) is 25.5 Å². The van der Waals surface area contributed by atoms with E-state index in [2.05, 4.69) is 17.2 Å². The number of benzene rings is 1. The summed E-state index contributed by atoms with van der Waals surface area (Å²) in [6.07, 6.45) is 10.7. The van der Waals surface area contributed by atoms with Crippen LogP contribution in [0, 0.1) is 5.92 Å². The Hall–Kier alpha value is -2.63. The number of esters is 1. The Kier molecular flexibility index (Phi) is 14.6. The number of carbonyl (C=O) groups is 3. The Morgan fingerprint density at radius 2 is 1.58 bits per heavy atom. The Labute approximate surface area is 199 Å². The number of amides is 2. The fourth-order valence-corrected chi connectivity index (χ4v) is 3.71. The maximum absolute atomic E-state index is 13.0. The normalized spacial score (nSPS) is 12.6. The van der Waals surface area contributed by atoms with Gasteiger partial charge in [0.05, 0.1) is 7.11 Å². The molecule has 0 fully saturated rings. The zero-order chi connectivity index (χ0) is 24.5. The number of nitrogens with one attached hydrogen (secondary N) is 2. The highest BCUT2D eigenvalue weighted by Crippen LogP contribution is 2.11. The summed E-state index contributed by atoms with van der Waals surface area (Å²) in [6.45, 7) is 7.73. The van der Waals surface area contributed by atoms with Crippen molar-refractivity contribution in [3.63, 3.8) is 0 Å². The number of unbranched alkanes of at least 4 members (excludes halogenated alkanes) is 6. The summed E-state index contributed by atoms with van der Waals surface area (Å²) < 4.78 is 4.89. The number of hydrogen-bond acceptors (Lipinski definition) is 4. The largest absolute Gasteiger partial charge is 0.467 e. The molecule has 6 heteroatoms. The first kappa shape index (κ1) is 28.4. The van der Waals surface area contributed by atoms with Gasteiger partial charge in [0, 0.05) is 12.8 Å². The van der Waals surface area contributed by atoms with Gasteiger partial charge in [-0.1, -0.05) is 75.9 Å². The second kappa shape index (κ2) is 16.9. The van der Waals surface area contributed by atoms with Gasteiger partial charge in [-0.3, -0.25) is 9.59 Å². The predicted octanol–water partition coefficient (Wildman–Crippen LogP) is 4.72. The zero-order valence-electron chi connectivity index (χ0n) is 20.6. The van der Waals surface area contributed by atoms with E-state index in [0.29, 0.717) is 19.3 Å². The van der Waals surface area contributed by atoms with Crippen LogP contribution in [-0.4, -0.2) is 37.0 Å². The highest BCUT2D eigenvalue weighted by Gasteiger charge is 2.28. The first-order chi connectivity index (χ1) is 15.9. The summed E-state index contributed by atoms with van der Waals surface area (Å²) in [5, 5.41) is 5.67. The third-order valence-electron chi connectivity index (χ3n) is 5.51. The topological polar surface area (TPSA) is 84.5 Å². The van der Waals surface area contributed by atoms with E-state index in [1.54, 1.807) is 0 Å². The predicted molar refractivity (Wildman–Crippen MR) is 133 cm³/mol. The van der Waals surface area contributed by atoms with E-state index in [1.165, 1.54) is 26.4 Å². The zero-order valence-corrected chi connectivity index (χ0v) is 20.6. The summed E-state index contributed by atoms with van der Waals surface area (Å²) in [4.78, 5) is 37.8. The van der Waals surface area contributed by atoms with E-state index in [9.17, 15) is 14.4 Å². The van der Waals surface area contributed by atoms with Gasteiger partial charge in [0.25, 0.3) is 0 Å². The van der Waals surface area contributed by atoms with Crippen molar-refractivity contribution < 1.29 is 19.1 Å². The van der Waals surface area contributed by atoms with Crippen LogP contribution in [0.1, 0.15) is 77.2 Å². The molecular weight excluding hydrogens is 416 g/mol. The molecule has 1 aromatic carbocycles. The number of ether oxygens (including phenoxy) is 1. The molecule has 6 nitrogen and oxygen atoms in total. The van der Waals surface area contributed by atoms with Crippen molar-refractivity contribution in [3.05, 3.63) is 48.6 Å². The molecule has 0 aliphatic heterocycles. The number of methoxy groups -OCH3 is 1. The average Bonchev–Trinajstić information content (AvgIpc) is 2.79. The fourth-order valence-electron chi connectivity index (χ4n) is 3.71. The fraction of sp³-hybridized carbons (Fsp3) is 0.593. The van der Waals surface area contributed by atoms with Crippen molar-refractivity contribution >= 4 is 17.8 Å². The van der Waals surface area contributed by atoms with Gasteiger partial charge in [-0.25, -0.2) is 4.79 Å². The van der Waals surface area contributed by atoms with Crippen LogP contribution in [0.5, 0.6) is 0 Å². The molecule has 0 aliphatic rings. The lowest BCUT2D eigenvalue weighted by molar-refractivity contribution is -0.145. The van der Waals surface area contributed by atoms with E-state index < -0.39 is 18.1 Å². The van der Waals surface area contributed by atoms with Crippen LogP contribution in [0.2, 0.25) is 0 Å². The second-order valence-corrected chi connectivity index (χ2v) is 8.97. The molecule has 0 radical (unpaired) electrons. The quantitative estimate of drug-likeness (QED) is 0.201. The van der Waals surface area contributed by atoms with E-state index in [4.69, 9.17) is 4.74 Å². The van der Waals surface area contributed by atoms with E-state index in [-0.39, 0.29) is 17.7 Å². The van der Waals surface area contributed by atoms with Gasteiger partial charge in [-0.2, -0.15) is 0 Å². The lowest BCUT2D eigenvalue weighted by atomic mass is 10.0. The molecule has 0 aliphatic carbocycles. The number of carbonyl (C=O) groups excluding carboxylic acids is 3. The van der Waals surface area contributed by atoms with E-state index in [1.807, 2.05) is 50.3 Å². The van der Waals surface area contributed by atoms with Gasteiger partial charge in [-0.15, -0.1) is 6.58 Å². The molecule has 1 aromatic rings. The average molecular weight is 459 g/mol. The van der Waals surface area contributed by atoms with Crippen LogP contribution in [0.25, 0.3) is 0 Å². The lowest BCUT2D eigenvalue weighted by Crippen LogP contribution is -2.52. The molecule has 0 spiro atoms. The number of rotatable bonds is 17. The summed E-state index contributed by atoms with van der Waals surface area (Å²) in [5.74, 6) is -0.775. The molecule has 0 bridgehead atoms. The van der Waals surface area contributed by atoms with Crippen molar-refractivity contribution in [2.75, 3.05) is 7.11 Å². The summed E-state index contributed by atoms with van der Waals surface area (Å²) in [5.41, 5.74) is 0.919. The van der Waals surface area contributed by atoms with Gasteiger partial charge in [-0.05, 0) is 37.2 Å². The van der Waals surface area contributed by atoms with Gasteiger partial charge >= 0.3 is 5.97 Å². The second-order valence-electron chi connectivity index (χ2n) is 8.97. The molecule has 2 atom stereocenters. The minimum absolute atomic E-state index is 0.125. The summed E-state index contributed by atoms with van der Waals surface area (Å²) in [6, 6.07) is 7.97. The minimum atomic E-state index is -0.808. The van der Waals surface area contributed by atoms with Crippen molar-refractivity contribution in [2.45, 2.75) is 90.1 Å². The first-order valence-corrected chi connectivity index (χ1v) is 12.2. The highest BCUT2D eigenvalue weighted by atomic mass is 16.5. The van der Waals surface area contributed by atoms with Crippen molar-refractivity contribution in [3.8, 4) is 0 Å². The van der Waals surface area contributed by atoms with Crippen LogP contribution < -0.4 is 10.6 Å². The molecule has 2 N–H and O–H groups in total. The van der Waals surface area contributed by atoms with E-state index in [0.717, 1.165) is 31.2 Å². The van der Waals surface area contributed by atoms with Crippen LogP contribution in [0.3, 0.4) is 0 Å². The molecule has 0 saturated carbocycles. The van der Waals surface area contributed by atoms with Gasteiger partial charge in [0.1, 0.15) is 12.1 Å². The standard InChI is InChI=1S/C27H42N2O4/c1-5-6-7-8-9-10-11-15-18-25(30)28-23(19-21(2)3)26(31)29-24(27(32)33-4)20-22-16-13-12-14-17-22/h5,12-14,16-17,21,23-24H,1,6-11,15,18-20H2,2-4H3,(H,28,30)(H,29,31). The number of allylic oxidation sites excluding steroid dienone is 1. The maximum Gasteiger partial charge on any atom is 0.328 e. The Balaban J connectivity index is 2.58. The molecule has 0 aromatic heterocycles. The maximum atomic E-state index is 13.0. The van der Waals surface area contributed by atoms with Crippen LogP contribution in [0.15, 0.2) is 43.0 Å². The molecule has 184 valence electrons. The molecule has 33 heavy (non-hydrogen) atoms. The van der Waals surface area contributed by atoms with Crippen molar-refractivity contribution in [2.24, 2.45) is 5.92 Å². The smallest absolute Gasteiger partial charge is 0.328 e. The molecule has 1 rings (SSSR count). The molecule has 0 heterocycles. The van der Waals surface area contributed by atoms with Crippen molar-refractivity contribution in [1.82, 2.24) is 10.6 Å². The molecular formula is C27H42N2O4. The lowest BCUT2D eigenvalue weighted by Gasteiger charge is -2.23. The first-order valence-electron chi connectivity index (χ1n) is 12.2. The number of hydrogen-bond donors (Lipinski definition) is 2. The van der Waals surface area contributed by atoms with Gasteiger partial charge in [0.15, 0.2) is 0 Å². The van der Waals surface area contributed by atoms with E-state index >= 15 is 0 Å². The summed E-state index contributed by atoms with van der Waals surface area (Å²) >= 11 is 0. The van der Waals surface area contributed by atoms with Crippen molar-refractivity contribution in [1.29, 1.82) is 0 Å². The van der Waals surface area contributed by atoms with Crippen LogP contribution >= 0.6 is 0 Å². The highest BCUT2D eigenvalue weighted by molar-refractivity contribution is 5.90.